The molecule has 0 aromatic carbocycles. The van der Waals surface area contributed by atoms with E-state index in [4.69, 9.17) is 10.5 Å². The molecule has 0 aromatic heterocycles. The molecule has 3 heteroatoms. The van der Waals surface area contributed by atoms with Gasteiger partial charge in [-0.25, -0.2) is 0 Å². The zero-order chi connectivity index (χ0) is 9.53. The minimum Gasteiger partial charge on any atom is -0.466 e. The number of esters is 1. The molecular weight excluding hydrogens is 166 g/mol. The van der Waals surface area contributed by atoms with Gasteiger partial charge in [0.05, 0.1) is 12.0 Å². The summed E-state index contributed by atoms with van der Waals surface area (Å²) < 4.78 is 5.07. The largest absolute Gasteiger partial charge is 0.466 e. The van der Waals surface area contributed by atoms with Crippen molar-refractivity contribution in [3.63, 3.8) is 0 Å². The first kappa shape index (κ1) is 9.00. The summed E-state index contributed by atoms with van der Waals surface area (Å²) >= 11 is 0. The Balaban J connectivity index is 2.06. The van der Waals surface area contributed by atoms with Crippen LogP contribution in [0.2, 0.25) is 0 Å². The molecule has 2 aliphatic rings. The summed E-state index contributed by atoms with van der Waals surface area (Å²) in [5.74, 6) is -0.0581. The molecule has 0 bridgehead atoms. The van der Waals surface area contributed by atoms with Crippen LogP contribution in [0.3, 0.4) is 0 Å². The molecule has 13 heavy (non-hydrogen) atoms. The summed E-state index contributed by atoms with van der Waals surface area (Å²) in [5.41, 5.74) is 5.65. The Bertz CT molecular complexity index is 235. The van der Waals surface area contributed by atoms with Crippen molar-refractivity contribution in [2.24, 2.45) is 16.6 Å². The van der Waals surface area contributed by atoms with Crippen molar-refractivity contribution < 1.29 is 9.53 Å². The first-order valence-corrected chi connectivity index (χ1v) is 5.08. The Morgan fingerprint density at radius 3 is 2.54 bits per heavy atom. The van der Waals surface area contributed by atoms with E-state index in [9.17, 15) is 4.79 Å². The number of hydrogen-bond donors (Lipinski definition) is 1. The van der Waals surface area contributed by atoms with Crippen LogP contribution in [-0.2, 0) is 9.53 Å². The Morgan fingerprint density at radius 1 is 1.54 bits per heavy atom. The molecule has 1 unspecified atom stereocenters. The van der Waals surface area contributed by atoms with Crippen molar-refractivity contribution in [2.45, 2.75) is 32.6 Å². The molecule has 0 saturated heterocycles. The highest BCUT2D eigenvalue weighted by molar-refractivity contribution is 5.82. The number of nitrogens with two attached hydrogens (primary N) is 1. The van der Waals surface area contributed by atoms with Gasteiger partial charge in [0.15, 0.2) is 0 Å². The van der Waals surface area contributed by atoms with Gasteiger partial charge in [0, 0.05) is 6.54 Å². The fraction of sp³-hybridized carbons (Fsp3) is 0.900. The molecule has 1 spiro atoms. The van der Waals surface area contributed by atoms with Gasteiger partial charge >= 0.3 is 5.97 Å². The maximum Gasteiger partial charge on any atom is 0.313 e. The molecule has 2 fully saturated rings. The van der Waals surface area contributed by atoms with Gasteiger partial charge in [0.2, 0.25) is 0 Å². The second kappa shape index (κ2) is 2.71. The minimum atomic E-state index is -0.290. The summed E-state index contributed by atoms with van der Waals surface area (Å²) in [5, 5.41) is 0. The van der Waals surface area contributed by atoms with Crippen LogP contribution < -0.4 is 5.73 Å². The summed E-state index contributed by atoms with van der Waals surface area (Å²) in [4.78, 5) is 11.7. The third-order valence-electron chi connectivity index (χ3n) is 3.86. The lowest BCUT2D eigenvalue weighted by Crippen LogP contribution is -2.36. The number of carbonyl (C=O) groups excluding carboxylic acids is 1. The molecular formula is C10H17NO2. The van der Waals surface area contributed by atoms with E-state index in [0.717, 1.165) is 6.42 Å². The third-order valence-corrected chi connectivity index (χ3v) is 3.86. The van der Waals surface area contributed by atoms with E-state index in [1.807, 2.05) is 6.92 Å². The van der Waals surface area contributed by atoms with Gasteiger partial charge < -0.3 is 10.5 Å². The SMILES string of the molecule is CCOC(=O)C1(CN)CC12CCC2. The zero-order valence-electron chi connectivity index (χ0n) is 8.14. The van der Waals surface area contributed by atoms with Crippen LogP contribution in [0, 0.1) is 10.8 Å². The molecule has 2 N–H and O–H groups in total. The molecule has 74 valence electrons. The minimum absolute atomic E-state index is 0.0581. The van der Waals surface area contributed by atoms with E-state index in [-0.39, 0.29) is 16.8 Å². The van der Waals surface area contributed by atoms with Crippen molar-refractivity contribution in [2.75, 3.05) is 13.2 Å². The fourth-order valence-corrected chi connectivity index (χ4v) is 2.72. The molecule has 0 aromatic rings. The maximum atomic E-state index is 11.7. The predicted molar refractivity (Wildman–Crippen MR) is 49.0 cm³/mol. The number of rotatable bonds is 3. The summed E-state index contributed by atoms with van der Waals surface area (Å²) in [6.45, 7) is 2.78. The highest BCUT2D eigenvalue weighted by atomic mass is 16.5. The van der Waals surface area contributed by atoms with Gasteiger partial charge in [-0.15, -0.1) is 0 Å². The van der Waals surface area contributed by atoms with Gasteiger partial charge in [-0.1, -0.05) is 6.42 Å². The van der Waals surface area contributed by atoms with Crippen LogP contribution in [0.1, 0.15) is 32.6 Å². The van der Waals surface area contributed by atoms with Gasteiger partial charge in [-0.3, -0.25) is 4.79 Å². The zero-order valence-corrected chi connectivity index (χ0v) is 8.14. The number of carbonyl (C=O) groups is 1. The standard InChI is InChI=1S/C10H17NO2/c1-2-13-8(12)10(7-11)6-9(10)4-3-5-9/h2-7,11H2,1H3. The lowest BCUT2D eigenvalue weighted by atomic mass is 9.75. The molecule has 2 saturated carbocycles. The summed E-state index contributed by atoms with van der Waals surface area (Å²) in [7, 11) is 0. The molecule has 2 rings (SSSR count). The highest BCUT2D eigenvalue weighted by Crippen LogP contribution is 2.73. The van der Waals surface area contributed by atoms with Crippen LogP contribution in [0.4, 0.5) is 0 Å². The topological polar surface area (TPSA) is 52.3 Å². The Hall–Kier alpha value is -0.570. The van der Waals surface area contributed by atoms with Crippen LogP contribution in [0.15, 0.2) is 0 Å². The van der Waals surface area contributed by atoms with E-state index in [1.54, 1.807) is 0 Å². The summed E-state index contributed by atoms with van der Waals surface area (Å²) in [6.07, 6.45) is 4.56. The molecule has 0 heterocycles. The second-order valence-corrected chi connectivity index (χ2v) is 4.32. The second-order valence-electron chi connectivity index (χ2n) is 4.32. The van der Waals surface area contributed by atoms with Gasteiger partial charge in [-0.2, -0.15) is 0 Å². The Morgan fingerprint density at radius 2 is 2.23 bits per heavy atom. The lowest BCUT2D eigenvalue weighted by Gasteiger charge is -2.31. The van der Waals surface area contributed by atoms with Gasteiger partial charge in [0.25, 0.3) is 0 Å². The fourth-order valence-electron chi connectivity index (χ4n) is 2.72. The normalized spacial score (nSPS) is 34.0. The van der Waals surface area contributed by atoms with Crippen LogP contribution in [0.5, 0.6) is 0 Å². The maximum absolute atomic E-state index is 11.7. The van der Waals surface area contributed by atoms with Gasteiger partial charge in [0.1, 0.15) is 0 Å². The summed E-state index contributed by atoms with van der Waals surface area (Å²) in [6, 6.07) is 0. The lowest BCUT2D eigenvalue weighted by molar-refractivity contribution is -0.151. The molecule has 0 radical (unpaired) electrons. The number of hydrogen-bond acceptors (Lipinski definition) is 3. The van der Waals surface area contributed by atoms with Gasteiger partial charge in [-0.05, 0) is 31.6 Å². The van der Waals surface area contributed by atoms with E-state index < -0.39 is 0 Å². The average Bonchev–Trinajstić information content (AvgIpc) is 2.75. The first-order chi connectivity index (χ1) is 6.21. The predicted octanol–water partition coefficient (Wildman–Crippen LogP) is 1.07. The van der Waals surface area contributed by atoms with Crippen molar-refractivity contribution in [3.8, 4) is 0 Å². The molecule has 0 aliphatic heterocycles. The third kappa shape index (κ3) is 0.966. The average molecular weight is 183 g/mol. The van der Waals surface area contributed by atoms with E-state index in [1.165, 1.54) is 19.3 Å². The van der Waals surface area contributed by atoms with E-state index in [0.29, 0.717) is 13.2 Å². The van der Waals surface area contributed by atoms with Crippen LogP contribution >= 0.6 is 0 Å². The Labute approximate surface area is 78.6 Å². The molecule has 3 nitrogen and oxygen atoms in total. The van der Waals surface area contributed by atoms with Crippen LogP contribution in [-0.4, -0.2) is 19.1 Å². The monoisotopic (exact) mass is 183 g/mol. The van der Waals surface area contributed by atoms with Crippen molar-refractivity contribution in [3.05, 3.63) is 0 Å². The van der Waals surface area contributed by atoms with E-state index >= 15 is 0 Å². The van der Waals surface area contributed by atoms with E-state index in [2.05, 4.69) is 0 Å². The molecule has 0 amide bonds. The van der Waals surface area contributed by atoms with Crippen molar-refractivity contribution in [1.29, 1.82) is 0 Å². The van der Waals surface area contributed by atoms with Crippen molar-refractivity contribution >= 4 is 5.97 Å². The quantitative estimate of drug-likeness (QED) is 0.666. The first-order valence-electron chi connectivity index (χ1n) is 5.08. The molecule has 2 aliphatic carbocycles. The van der Waals surface area contributed by atoms with Crippen molar-refractivity contribution in [1.82, 2.24) is 0 Å². The Kier molecular flexibility index (Phi) is 1.88. The molecule has 1 atom stereocenters. The number of ether oxygens (including phenoxy) is 1. The highest BCUT2D eigenvalue weighted by Gasteiger charge is 2.73. The van der Waals surface area contributed by atoms with Crippen LogP contribution in [0.25, 0.3) is 0 Å². The smallest absolute Gasteiger partial charge is 0.313 e.